The van der Waals surface area contributed by atoms with Gasteiger partial charge in [0.2, 0.25) is 0 Å². The number of unbranched alkanes of at least 4 members (excludes halogenated alkanes) is 6. The van der Waals surface area contributed by atoms with Gasteiger partial charge in [-0.15, -0.1) is 0 Å². The highest BCUT2D eigenvalue weighted by atomic mass is 16.5. The third-order valence-corrected chi connectivity index (χ3v) is 4.42. The van der Waals surface area contributed by atoms with Gasteiger partial charge in [0.05, 0.1) is 13.2 Å². The van der Waals surface area contributed by atoms with Crippen LogP contribution in [0.15, 0.2) is 11.1 Å². The van der Waals surface area contributed by atoms with Crippen molar-refractivity contribution in [2.75, 3.05) is 13.2 Å². The van der Waals surface area contributed by atoms with E-state index in [1.54, 1.807) is 0 Å². The zero-order chi connectivity index (χ0) is 17.6. The first-order chi connectivity index (χ1) is 11.7. The predicted octanol–water partition coefficient (Wildman–Crippen LogP) is 5.10. The number of hydrogen-bond acceptors (Lipinski definition) is 4. The summed E-state index contributed by atoms with van der Waals surface area (Å²) in [6, 6.07) is 0. The van der Waals surface area contributed by atoms with Gasteiger partial charge in [-0.2, -0.15) is 0 Å². The normalized spacial score (nSPS) is 14.6. The van der Waals surface area contributed by atoms with E-state index < -0.39 is 0 Å². The molecule has 0 N–H and O–H groups in total. The molecular formula is C20H34O4. The van der Waals surface area contributed by atoms with Crippen molar-refractivity contribution in [2.24, 2.45) is 0 Å². The van der Waals surface area contributed by atoms with Crippen LogP contribution in [0, 0.1) is 0 Å². The van der Waals surface area contributed by atoms with E-state index in [1.165, 1.54) is 0 Å². The van der Waals surface area contributed by atoms with Crippen LogP contribution in [-0.2, 0) is 19.1 Å². The molecule has 24 heavy (non-hydrogen) atoms. The molecule has 1 aliphatic carbocycles. The lowest BCUT2D eigenvalue weighted by atomic mass is 9.91. The molecule has 0 atom stereocenters. The van der Waals surface area contributed by atoms with Crippen LogP contribution in [0.4, 0.5) is 0 Å². The SMILES string of the molecule is CCCCCCOC(=O)C1=C(C(=O)OCCCCCC)CCCC1. The van der Waals surface area contributed by atoms with Gasteiger partial charge in [-0.3, -0.25) is 0 Å². The third-order valence-electron chi connectivity index (χ3n) is 4.42. The Hall–Kier alpha value is -1.32. The van der Waals surface area contributed by atoms with Gasteiger partial charge in [0, 0.05) is 11.1 Å². The minimum Gasteiger partial charge on any atom is -0.462 e. The standard InChI is InChI=1S/C20H34O4/c1-3-5-7-11-15-23-19(21)17-13-9-10-14-18(17)20(22)24-16-12-8-6-4-2/h3-16H2,1-2H3. The van der Waals surface area contributed by atoms with E-state index in [4.69, 9.17) is 9.47 Å². The predicted molar refractivity (Wildman–Crippen MR) is 95.7 cm³/mol. The smallest absolute Gasteiger partial charge is 0.334 e. The van der Waals surface area contributed by atoms with Crippen LogP contribution in [0.5, 0.6) is 0 Å². The van der Waals surface area contributed by atoms with Crippen LogP contribution in [-0.4, -0.2) is 25.2 Å². The molecule has 0 bridgehead atoms. The van der Waals surface area contributed by atoms with Crippen molar-refractivity contribution in [3.63, 3.8) is 0 Å². The first-order valence-corrected chi connectivity index (χ1v) is 9.77. The molecule has 138 valence electrons. The number of rotatable bonds is 12. The van der Waals surface area contributed by atoms with Crippen molar-refractivity contribution in [1.29, 1.82) is 0 Å². The van der Waals surface area contributed by atoms with Crippen molar-refractivity contribution >= 4 is 11.9 Å². The summed E-state index contributed by atoms with van der Waals surface area (Å²) >= 11 is 0. The average molecular weight is 338 g/mol. The molecule has 0 radical (unpaired) electrons. The molecule has 0 unspecified atom stereocenters. The maximum Gasteiger partial charge on any atom is 0.334 e. The first kappa shape index (κ1) is 20.7. The monoisotopic (exact) mass is 338 g/mol. The van der Waals surface area contributed by atoms with Gasteiger partial charge >= 0.3 is 11.9 Å². The lowest BCUT2D eigenvalue weighted by molar-refractivity contribution is -0.143. The molecule has 0 aromatic heterocycles. The fourth-order valence-corrected chi connectivity index (χ4v) is 2.92. The summed E-state index contributed by atoms with van der Waals surface area (Å²) in [5, 5.41) is 0. The number of carbonyl (C=O) groups excluding carboxylic acids is 2. The van der Waals surface area contributed by atoms with Crippen molar-refractivity contribution in [1.82, 2.24) is 0 Å². The summed E-state index contributed by atoms with van der Waals surface area (Å²) in [6.45, 7) is 5.20. The zero-order valence-corrected chi connectivity index (χ0v) is 15.5. The summed E-state index contributed by atoms with van der Waals surface area (Å²) in [7, 11) is 0. The molecule has 0 saturated heterocycles. The highest BCUT2D eigenvalue weighted by Crippen LogP contribution is 2.27. The van der Waals surface area contributed by atoms with Crippen molar-refractivity contribution in [3.05, 3.63) is 11.1 Å². The van der Waals surface area contributed by atoms with Gasteiger partial charge in [-0.1, -0.05) is 52.4 Å². The molecule has 0 spiro atoms. The fourth-order valence-electron chi connectivity index (χ4n) is 2.92. The van der Waals surface area contributed by atoms with E-state index in [9.17, 15) is 9.59 Å². The molecule has 0 aliphatic heterocycles. The Morgan fingerprint density at radius 1 is 0.708 bits per heavy atom. The maximum absolute atomic E-state index is 12.3. The second kappa shape index (κ2) is 13.0. The minimum atomic E-state index is -0.316. The average Bonchev–Trinajstić information content (AvgIpc) is 2.61. The second-order valence-electron chi connectivity index (χ2n) is 6.56. The Morgan fingerprint density at radius 2 is 1.12 bits per heavy atom. The van der Waals surface area contributed by atoms with Gasteiger partial charge in [-0.25, -0.2) is 9.59 Å². The summed E-state index contributed by atoms with van der Waals surface area (Å²) in [4.78, 5) is 24.5. The molecule has 0 amide bonds. The van der Waals surface area contributed by atoms with E-state index in [0.29, 0.717) is 37.2 Å². The third kappa shape index (κ3) is 7.98. The lowest BCUT2D eigenvalue weighted by Crippen LogP contribution is -2.20. The first-order valence-electron chi connectivity index (χ1n) is 9.77. The Bertz CT molecular complexity index is 374. The van der Waals surface area contributed by atoms with Gasteiger partial charge in [0.15, 0.2) is 0 Å². The van der Waals surface area contributed by atoms with Gasteiger partial charge in [-0.05, 0) is 38.5 Å². The van der Waals surface area contributed by atoms with Crippen molar-refractivity contribution < 1.29 is 19.1 Å². The van der Waals surface area contributed by atoms with Crippen LogP contribution >= 0.6 is 0 Å². The summed E-state index contributed by atoms with van der Waals surface area (Å²) in [5.74, 6) is -0.631. The second-order valence-corrected chi connectivity index (χ2v) is 6.56. The van der Waals surface area contributed by atoms with Crippen LogP contribution in [0.1, 0.15) is 90.9 Å². The molecule has 1 rings (SSSR count). The molecule has 4 nitrogen and oxygen atoms in total. The Morgan fingerprint density at radius 3 is 1.50 bits per heavy atom. The Labute approximate surface area is 147 Å². The largest absolute Gasteiger partial charge is 0.462 e. The number of carbonyl (C=O) groups is 2. The van der Waals surface area contributed by atoms with E-state index in [0.717, 1.165) is 64.2 Å². The van der Waals surface area contributed by atoms with Crippen LogP contribution < -0.4 is 0 Å². The van der Waals surface area contributed by atoms with Crippen LogP contribution in [0.2, 0.25) is 0 Å². The summed E-state index contributed by atoms with van der Waals surface area (Å²) < 4.78 is 10.7. The molecular weight excluding hydrogens is 304 g/mol. The molecule has 0 aromatic carbocycles. The van der Waals surface area contributed by atoms with Crippen molar-refractivity contribution in [3.8, 4) is 0 Å². The molecule has 0 saturated carbocycles. The topological polar surface area (TPSA) is 52.6 Å². The molecule has 0 heterocycles. The molecule has 0 aromatic rings. The molecule has 0 fully saturated rings. The summed E-state index contributed by atoms with van der Waals surface area (Å²) in [6.07, 6.45) is 11.7. The Balaban J connectivity index is 2.46. The van der Waals surface area contributed by atoms with Gasteiger partial charge in [0.1, 0.15) is 0 Å². The van der Waals surface area contributed by atoms with Crippen LogP contribution in [0.3, 0.4) is 0 Å². The van der Waals surface area contributed by atoms with E-state index in [-0.39, 0.29) is 11.9 Å². The Kier molecular flexibility index (Phi) is 11.2. The van der Waals surface area contributed by atoms with Crippen molar-refractivity contribution in [2.45, 2.75) is 90.9 Å². The quantitative estimate of drug-likeness (QED) is 0.367. The maximum atomic E-state index is 12.3. The summed E-state index contributed by atoms with van der Waals surface area (Å²) in [5.41, 5.74) is 1.10. The van der Waals surface area contributed by atoms with E-state index >= 15 is 0 Å². The molecule has 4 heteroatoms. The van der Waals surface area contributed by atoms with Gasteiger partial charge in [0.25, 0.3) is 0 Å². The van der Waals surface area contributed by atoms with Crippen LogP contribution in [0.25, 0.3) is 0 Å². The van der Waals surface area contributed by atoms with Gasteiger partial charge < -0.3 is 9.47 Å². The number of hydrogen-bond donors (Lipinski definition) is 0. The molecule has 1 aliphatic rings. The number of ether oxygens (including phenoxy) is 2. The minimum absolute atomic E-state index is 0.316. The van der Waals surface area contributed by atoms with E-state index in [2.05, 4.69) is 13.8 Å². The van der Waals surface area contributed by atoms with E-state index in [1.807, 2.05) is 0 Å². The lowest BCUT2D eigenvalue weighted by Gasteiger charge is -2.18. The highest BCUT2D eigenvalue weighted by Gasteiger charge is 2.25. The fraction of sp³-hybridized carbons (Fsp3) is 0.800. The number of esters is 2. The highest BCUT2D eigenvalue weighted by molar-refractivity contribution is 6.00. The zero-order valence-electron chi connectivity index (χ0n) is 15.5.